The molecule has 0 aliphatic rings. The summed E-state index contributed by atoms with van der Waals surface area (Å²) >= 11 is 0. The van der Waals surface area contributed by atoms with Gasteiger partial charge in [-0.2, -0.15) is 0 Å². The Hall–Kier alpha value is -0.393. The molecule has 0 saturated heterocycles. The van der Waals surface area contributed by atoms with Crippen molar-refractivity contribution in [3.63, 3.8) is 0 Å². The summed E-state index contributed by atoms with van der Waals surface area (Å²) in [5.74, 6) is -0.209. The van der Waals surface area contributed by atoms with Crippen LogP contribution in [-0.2, 0) is 18.4 Å². The zero-order valence-electron chi connectivity index (χ0n) is 11.7. The highest BCUT2D eigenvalue weighted by atomic mass is 28.4. The minimum Gasteiger partial charge on any atom is -0.466 e. The van der Waals surface area contributed by atoms with Crippen LogP contribution in [-0.4, -0.2) is 35.4 Å². The minimum atomic E-state index is -2.41. The number of carbonyl (C=O) groups excluding carboxylic acids is 1. The minimum absolute atomic E-state index is 0.209. The van der Waals surface area contributed by atoms with Gasteiger partial charge < -0.3 is 13.6 Å². The molecule has 5 heteroatoms. The normalized spacial score (nSPS) is 13.5. The van der Waals surface area contributed by atoms with E-state index in [2.05, 4.69) is 6.92 Å². The van der Waals surface area contributed by atoms with Crippen molar-refractivity contribution in [2.24, 2.45) is 0 Å². The molecule has 0 aliphatic heterocycles. The summed E-state index contributed by atoms with van der Waals surface area (Å²) in [4.78, 5) is 11.8. The quantitative estimate of drug-likeness (QED) is 0.364. The first-order chi connectivity index (χ1) is 8.01. The smallest absolute Gasteiger partial charge is 0.348 e. The van der Waals surface area contributed by atoms with Crippen LogP contribution in [0.3, 0.4) is 0 Å². The molecule has 0 radical (unpaired) electrons. The van der Waals surface area contributed by atoms with Crippen LogP contribution in [0, 0.1) is 0 Å². The van der Waals surface area contributed by atoms with Gasteiger partial charge in [-0.3, -0.25) is 4.79 Å². The second kappa shape index (κ2) is 8.66. The fraction of sp³-hybridized carbons (Fsp3) is 0.917. The standard InChI is InChI=1S/C12H26O4Si/c1-6-7-8-9-10-16-12(13)11(2)17(5,14-3)15-4/h11H,6-10H2,1-5H3. The molecule has 0 fully saturated rings. The topological polar surface area (TPSA) is 44.8 Å². The maximum absolute atomic E-state index is 11.8. The molecule has 1 unspecified atom stereocenters. The molecule has 0 N–H and O–H groups in total. The van der Waals surface area contributed by atoms with Crippen molar-refractivity contribution in [3.05, 3.63) is 0 Å². The Balaban J connectivity index is 3.97. The monoisotopic (exact) mass is 262 g/mol. The number of unbranched alkanes of at least 4 members (excludes halogenated alkanes) is 3. The average Bonchev–Trinajstić information content (AvgIpc) is 2.36. The highest BCUT2D eigenvalue weighted by Gasteiger charge is 2.42. The van der Waals surface area contributed by atoms with Crippen molar-refractivity contribution < 1.29 is 18.4 Å². The fourth-order valence-electron chi connectivity index (χ4n) is 1.48. The number of ether oxygens (including phenoxy) is 1. The summed E-state index contributed by atoms with van der Waals surface area (Å²) in [6, 6.07) is 0. The van der Waals surface area contributed by atoms with Gasteiger partial charge in [-0.15, -0.1) is 0 Å². The van der Waals surface area contributed by atoms with E-state index in [1.165, 1.54) is 12.8 Å². The maximum atomic E-state index is 11.8. The Labute approximate surface area is 106 Å². The van der Waals surface area contributed by atoms with Gasteiger partial charge in [0.15, 0.2) is 0 Å². The molecular formula is C12H26O4Si. The third-order valence-corrected chi connectivity index (χ3v) is 6.62. The van der Waals surface area contributed by atoms with Gasteiger partial charge in [0.2, 0.25) is 0 Å². The highest BCUT2D eigenvalue weighted by molar-refractivity contribution is 6.70. The van der Waals surface area contributed by atoms with Gasteiger partial charge >= 0.3 is 14.5 Å². The van der Waals surface area contributed by atoms with Crippen molar-refractivity contribution in [1.29, 1.82) is 0 Å². The molecular weight excluding hydrogens is 236 g/mol. The Kier molecular flexibility index (Phi) is 8.46. The van der Waals surface area contributed by atoms with Crippen LogP contribution in [0.2, 0.25) is 12.1 Å². The van der Waals surface area contributed by atoms with Crippen LogP contribution in [0.15, 0.2) is 0 Å². The fourth-order valence-corrected chi connectivity index (χ4v) is 2.86. The lowest BCUT2D eigenvalue weighted by molar-refractivity contribution is -0.144. The Morgan fingerprint density at radius 3 is 2.24 bits per heavy atom. The molecule has 0 bridgehead atoms. The van der Waals surface area contributed by atoms with E-state index in [1.54, 1.807) is 14.2 Å². The van der Waals surface area contributed by atoms with E-state index in [9.17, 15) is 4.79 Å². The summed E-state index contributed by atoms with van der Waals surface area (Å²) < 4.78 is 15.9. The molecule has 0 rings (SSSR count). The van der Waals surface area contributed by atoms with Gasteiger partial charge in [0.25, 0.3) is 0 Å². The summed E-state index contributed by atoms with van der Waals surface area (Å²) in [5, 5.41) is 0. The van der Waals surface area contributed by atoms with Gasteiger partial charge in [0, 0.05) is 14.2 Å². The highest BCUT2D eigenvalue weighted by Crippen LogP contribution is 2.24. The zero-order valence-corrected chi connectivity index (χ0v) is 12.7. The number of carbonyl (C=O) groups is 1. The molecule has 0 aromatic carbocycles. The lowest BCUT2D eigenvalue weighted by Gasteiger charge is -2.27. The molecule has 0 aromatic heterocycles. The second-order valence-electron chi connectivity index (χ2n) is 4.37. The van der Waals surface area contributed by atoms with Crippen LogP contribution in [0.25, 0.3) is 0 Å². The Morgan fingerprint density at radius 1 is 1.18 bits per heavy atom. The van der Waals surface area contributed by atoms with E-state index in [0.717, 1.165) is 12.8 Å². The average molecular weight is 262 g/mol. The van der Waals surface area contributed by atoms with Gasteiger partial charge in [-0.05, 0) is 19.9 Å². The maximum Gasteiger partial charge on any atom is 0.348 e. The number of hydrogen-bond donors (Lipinski definition) is 0. The number of hydrogen-bond acceptors (Lipinski definition) is 4. The predicted octanol–water partition coefficient (Wildman–Crippen LogP) is 2.86. The lowest BCUT2D eigenvalue weighted by Crippen LogP contribution is -2.44. The van der Waals surface area contributed by atoms with Crippen molar-refractivity contribution in [3.8, 4) is 0 Å². The molecule has 1 atom stereocenters. The Bertz CT molecular complexity index is 217. The van der Waals surface area contributed by atoms with Crippen LogP contribution in [0.4, 0.5) is 0 Å². The molecule has 0 amide bonds. The van der Waals surface area contributed by atoms with Crippen molar-refractivity contribution in [1.82, 2.24) is 0 Å². The summed E-state index contributed by atoms with van der Waals surface area (Å²) in [6.45, 7) is 6.34. The largest absolute Gasteiger partial charge is 0.466 e. The number of esters is 1. The third kappa shape index (κ3) is 5.65. The van der Waals surface area contributed by atoms with Crippen LogP contribution in [0.5, 0.6) is 0 Å². The van der Waals surface area contributed by atoms with E-state index in [0.29, 0.717) is 6.61 Å². The van der Waals surface area contributed by atoms with Crippen LogP contribution >= 0.6 is 0 Å². The van der Waals surface area contributed by atoms with E-state index in [-0.39, 0.29) is 11.5 Å². The summed E-state index contributed by atoms with van der Waals surface area (Å²) in [6.07, 6.45) is 4.42. The molecule has 17 heavy (non-hydrogen) atoms. The van der Waals surface area contributed by atoms with Crippen molar-refractivity contribution in [2.75, 3.05) is 20.8 Å². The van der Waals surface area contributed by atoms with E-state index >= 15 is 0 Å². The zero-order chi connectivity index (χ0) is 13.3. The third-order valence-electron chi connectivity index (χ3n) is 3.19. The van der Waals surface area contributed by atoms with Crippen LogP contribution in [0.1, 0.15) is 39.5 Å². The summed E-state index contributed by atoms with van der Waals surface area (Å²) in [5.41, 5.74) is -0.302. The first-order valence-electron chi connectivity index (χ1n) is 6.28. The SMILES string of the molecule is CCCCCCOC(=O)C(C)[Si](C)(OC)OC. The Morgan fingerprint density at radius 2 is 1.76 bits per heavy atom. The molecule has 0 spiro atoms. The molecule has 4 nitrogen and oxygen atoms in total. The van der Waals surface area contributed by atoms with E-state index in [4.69, 9.17) is 13.6 Å². The van der Waals surface area contributed by atoms with E-state index in [1.807, 2.05) is 13.5 Å². The first-order valence-corrected chi connectivity index (χ1v) is 8.68. The second-order valence-corrected chi connectivity index (χ2v) is 8.09. The predicted molar refractivity (Wildman–Crippen MR) is 70.2 cm³/mol. The lowest BCUT2D eigenvalue weighted by atomic mass is 10.2. The van der Waals surface area contributed by atoms with Crippen LogP contribution < -0.4 is 0 Å². The van der Waals surface area contributed by atoms with Gasteiger partial charge in [0.05, 0.1) is 12.1 Å². The molecule has 102 valence electrons. The van der Waals surface area contributed by atoms with Gasteiger partial charge in [-0.25, -0.2) is 0 Å². The number of rotatable bonds is 9. The summed E-state index contributed by atoms with van der Waals surface area (Å²) in [7, 11) is 0.754. The van der Waals surface area contributed by atoms with Gasteiger partial charge in [-0.1, -0.05) is 26.2 Å². The van der Waals surface area contributed by atoms with E-state index < -0.39 is 8.56 Å². The first kappa shape index (κ1) is 16.6. The molecule has 0 heterocycles. The van der Waals surface area contributed by atoms with Gasteiger partial charge in [0.1, 0.15) is 0 Å². The molecule has 0 aromatic rings. The molecule has 0 aliphatic carbocycles. The molecule has 0 saturated carbocycles. The van der Waals surface area contributed by atoms with Crippen molar-refractivity contribution in [2.45, 2.75) is 51.6 Å². The van der Waals surface area contributed by atoms with Crippen molar-refractivity contribution >= 4 is 14.5 Å².